The molecule has 0 aliphatic carbocycles. The Morgan fingerprint density at radius 3 is 2.28 bits per heavy atom. The molecule has 0 saturated carbocycles. The van der Waals surface area contributed by atoms with Crippen molar-refractivity contribution in [3.63, 3.8) is 0 Å². The fourth-order valence-electron chi connectivity index (χ4n) is 5.85. The lowest BCUT2D eigenvalue weighted by Crippen LogP contribution is -2.50. The highest BCUT2D eigenvalue weighted by Gasteiger charge is 2.56. The second kappa shape index (κ2) is 18.7. The van der Waals surface area contributed by atoms with Crippen molar-refractivity contribution in [2.24, 2.45) is 11.8 Å². The molecule has 2 fully saturated rings. The number of carbonyl (C=O) groups excluding carboxylic acids is 1. The maximum absolute atomic E-state index is 12.8. The van der Waals surface area contributed by atoms with E-state index in [4.69, 9.17) is 29.5 Å². The number of esters is 1. The summed E-state index contributed by atoms with van der Waals surface area (Å²) in [7, 11) is 0. The Bertz CT molecular complexity index is 1250. The quantitative estimate of drug-likeness (QED) is 0.0755. The van der Waals surface area contributed by atoms with Crippen LogP contribution < -0.4 is 0 Å². The predicted octanol–water partition coefficient (Wildman–Crippen LogP) is 6.13. The number of carbonyl (C=O) groups is 4. The Morgan fingerprint density at radius 1 is 0.936 bits per heavy atom. The molecule has 0 radical (unpaired) electrons. The Morgan fingerprint density at radius 2 is 1.64 bits per heavy atom. The number of carboxylic acid groups (broad SMARTS) is 3. The van der Waals surface area contributed by atoms with E-state index in [9.17, 15) is 24.3 Å². The number of allylic oxidation sites excluding steroid dienone is 4. The van der Waals surface area contributed by atoms with Gasteiger partial charge in [-0.1, -0.05) is 69.6 Å². The molecule has 11 nitrogen and oxygen atoms in total. The maximum Gasteiger partial charge on any atom is 0.328 e. The minimum atomic E-state index is -1.11. The smallest absolute Gasteiger partial charge is 0.328 e. The normalized spacial score (nSPS) is 27.4. The monoisotopic (exact) mass is 660 g/mol. The second-order valence-electron chi connectivity index (χ2n) is 12.8. The maximum atomic E-state index is 12.8. The fraction of sp³-hybridized carbons (Fsp3) is 0.611. The van der Waals surface area contributed by atoms with Crippen molar-refractivity contribution in [1.29, 1.82) is 0 Å². The van der Waals surface area contributed by atoms with E-state index in [0.717, 1.165) is 37.0 Å². The van der Waals surface area contributed by atoms with E-state index in [1.807, 2.05) is 19.9 Å². The van der Waals surface area contributed by atoms with Gasteiger partial charge in [0.05, 0.1) is 25.0 Å². The Kier molecular flexibility index (Phi) is 15.8. The van der Waals surface area contributed by atoms with Crippen LogP contribution in [0.3, 0.4) is 0 Å². The zero-order valence-corrected chi connectivity index (χ0v) is 28.2. The van der Waals surface area contributed by atoms with E-state index in [1.165, 1.54) is 6.08 Å². The van der Waals surface area contributed by atoms with Crippen molar-refractivity contribution in [1.82, 2.24) is 0 Å². The molecule has 1 spiro atoms. The predicted molar refractivity (Wildman–Crippen MR) is 175 cm³/mol. The first kappa shape index (κ1) is 39.6. The molecule has 2 aliphatic heterocycles. The highest BCUT2D eigenvalue weighted by atomic mass is 16.7. The zero-order chi connectivity index (χ0) is 35.2. The Labute approximate surface area is 277 Å². The second-order valence-corrected chi connectivity index (χ2v) is 12.8. The summed E-state index contributed by atoms with van der Waals surface area (Å²) in [4.78, 5) is 45.8. The van der Waals surface area contributed by atoms with E-state index in [0.29, 0.717) is 37.7 Å². The molecule has 2 aliphatic rings. The summed E-state index contributed by atoms with van der Waals surface area (Å²) in [6.07, 6.45) is 15.0. The van der Waals surface area contributed by atoms with E-state index in [2.05, 4.69) is 6.92 Å². The first-order chi connectivity index (χ1) is 22.1. The zero-order valence-electron chi connectivity index (χ0n) is 28.2. The number of hydrogen-bond donors (Lipinski definition) is 4. The van der Waals surface area contributed by atoms with Crippen LogP contribution in [0.25, 0.3) is 0 Å². The molecule has 11 heteroatoms. The number of unbranched alkanes of at least 4 members (excludes halogenated alkanes) is 1. The van der Waals surface area contributed by atoms with Crippen LogP contribution in [0.2, 0.25) is 0 Å². The molecular formula is C36H52O11. The number of ether oxygens (including phenoxy) is 3. The van der Waals surface area contributed by atoms with Crippen LogP contribution >= 0.6 is 0 Å². The number of carboxylic acids is 3. The number of aliphatic hydroxyl groups is 1. The molecule has 262 valence electrons. The number of aliphatic carboxylic acids is 3. The molecule has 0 aromatic rings. The van der Waals surface area contributed by atoms with Gasteiger partial charge in [0.25, 0.3) is 0 Å². The van der Waals surface area contributed by atoms with Gasteiger partial charge in [-0.3, -0.25) is 9.59 Å². The third kappa shape index (κ3) is 13.2. The van der Waals surface area contributed by atoms with Crippen molar-refractivity contribution in [3.8, 4) is 0 Å². The van der Waals surface area contributed by atoms with Gasteiger partial charge in [0.2, 0.25) is 0 Å². The molecule has 0 bridgehead atoms. The molecule has 1 unspecified atom stereocenters. The van der Waals surface area contributed by atoms with Gasteiger partial charge in [0.1, 0.15) is 11.7 Å². The summed E-state index contributed by atoms with van der Waals surface area (Å²) in [5, 5.41) is 37.4. The molecule has 2 rings (SSSR count). The van der Waals surface area contributed by atoms with Gasteiger partial charge in [0.15, 0.2) is 5.79 Å². The van der Waals surface area contributed by atoms with Crippen LogP contribution in [0.4, 0.5) is 0 Å². The van der Waals surface area contributed by atoms with Crippen molar-refractivity contribution in [2.45, 2.75) is 129 Å². The van der Waals surface area contributed by atoms with Crippen LogP contribution in [-0.4, -0.2) is 74.0 Å². The number of aliphatic hydroxyl groups excluding tert-OH is 1. The van der Waals surface area contributed by atoms with Gasteiger partial charge in [-0.15, -0.1) is 0 Å². The van der Waals surface area contributed by atoms with E-state index < -0.39 is 47.5 Å². The van der Waals surface area contributed by atoms with Crippen molar-refractivity contribution >= 4 is 23.9 Å². The standard InChI is InChI=1S/C36H52O11/c1-6-7-19-35(30(14-10-25(3)23-33(42)43)45-34(44)17-16-32(40)41)21-22-36(47-35)20-18-27(5)29(46-36)13-9-24(2)8-12-28(37)26(4)11-15-31(38)39/h8-12,14-15,23,26-30,37H,6-7,13,16-22H2,1-5H3,(H,38,39)(H,40,41)(H,42,43)/t26-,27-,28-,29+,30?,35+,36-/m0/s1. The minimum absolute atomic E-state index is 0.163. The van der Waals surface area contributed by atoms with Gasteiger partial charge in [-0.2, -0.15) is 0 Å². The molecule has 2 saturated heterocycles. The largest absolute Gasteiger partial charge is 0.481 e. The number of hydrogen-bond acceptors (Lipinski definition) is 8. The third-order valence-corrected chi connectivity index (χ3v) is 8.77. The molecule has 0 amide bonds. The van der Waals surface area contributed by atoms with Gasteiger partial charge >= 0.3 is 23.9 Å². The van der Waals surface area contributed by atoms with Crippen LogP contribution in [-0.2, 0) is 33.4 Å². The van der Waals surface area contributed by atoms with Gasteiger partial charge in [-0.25, -0.2) is 9.59 Å². The van der Waals surface area contributed by atoms with Crippen LogP contribution in [0.15, 0.2) is 59.8 Å². The van der Waals surface area contributed by atoms with Gasteiger partial charge in [-0.05, 0) is 57.1 Å². The van der Waals surface area contributed by atoms with Gasteiger partial charge < -0.3 is 34.6 Å². The van der Waals surface area contributed by atoms with E-state index >= 15 is 0 Å². The van der Waals surface area contributed by atoms with E-state index in [1.54, 1.807) is 38.2 Å². The summed E-state index contributed by atoms with van der Waals surface area (Å²) in [5.41, 5.74) is 0.415. The summed E-state index contributed by atoms with van der Waals surface area (Å²) in [6.45, 7) is 9.46. The van der Waals surface area contributed by atoms with Crippen LogP contribution in [0.5, 0.6) is 0 Å². The summed E-state index contributed by atoms with van der Waals surface area (Å²) < 4.78 is 19.5. The first-order valence-corrected chi connectivity index (χ1v) is 16.4. The average Bonchev–Trinajstić information content (AvgIpc) is 3.37. The van der Waals surface area contributed by atoms with Gasteiger partial charge in [0, 0.05) is 30.9 Å². The molecule has 7 atom stereocenters. The molecular weight excluding hydrogens is 608 g/mol. The highest BCUT2D eigenvalue weighted by molar-refractivity contribution is 5.81. The summed E-state index contributed by atoms with van der Waals surface area (Å²) in [5.74, 6) is -4.99. The number of rotatable bonds is 18. The molecule has 4 N–H and O–H groups in total. The summed E-state index contributed by atoms with van der Waals surface area (Å²) >= 11 is 0. The van der Waals surface area contributed by atoms with Crippen molar-refractivity contribution in [2.75, 3.05) is 0 Å². The lowest BCUT2D eigenvalue weighted by Gasteiger charge is -2.44. The topological polar surface area (TPSA) is 177 Å². The highest BCUT2D eigenvalue weighted by Crippen LogP contribution is 2.50. The van der Waals surface area contributed by atoms with Crippen LogP contribution in [0, 0.1) is 11.8 Å². The lowest BCUT2D eigenvalue weighted by atomic mass is 9.85. The van der Waals surface area contributed by atoms with E-state index in [-0.39, 0.29) is 30.8 Å². The van der Waals surface area contributed by atoms with Crippen molar-refractivity contribution in [3.05, 3.63) is 59.8 Å². The fourth-order valence-corrected chi connectivity index (χ4v) is 5.85. The average molecular weight is 661 g/mol. The lowest BCUT2D eigenvalue weighted by molar-refractivity contribution is -0.308. The Hall–Kier alpha value is -3.54. The van der Waals surface area contributed by atoms with Crippen LogP contribution in [0.1, 0.15) is 98.8 Å². The summed E-state index contributed by atoms with van der Waals surface area (Å²) in [6, 6.07) is 0. The molecule has 2 heterocycles. The molecule has 47 heavy (non-hydrogen) atoms. The van der Waals surface area contributed by atoms with Crippen molar-refractivity contribution < 1.29 is 53.8 Å². The Balaban J connectivity index is 2.28. The molecule has 0 aromatic heterocycles. The molecule has 0 aromatic carbocycles. The first-order valence-electron chi connectivity index (χ1n) is 16.4. The SMILES string of the molecule is CCCC[C@]1(C(C=CC(C)=CC(=O)O)OC(=O)CCC(=O)O)CC[C@]2(CC[C@H](C)[C@@H](CC=C(C)C=C[C@H](O)[C@@H](C)C=CC(=O)O)O2)O1. The minimum Gasteiger partial charge on any atom is -0.481 e. The third-order valence-electron chi connectivity index (χ3n) is 8.77.